The van der Waals surface area contributed by atoms with Gasteiger partial charge in [-0.2, -0.15) is 0 Å². The fraction of sp³-hybridized carbons (Fsp3) is 0.350. The first kappa shape index (κ1) is 20.2. The van der Waals surface area contributed by atoms with Crippen molar-refractivity contribution in [3.05, 3.63) is 68.0 Å². The van der Waals surface area contributed by atoms with E-state index in [4.69, 9.17) is 4.74 Å². The van der Waals surface area contributed by atoms with Gasteiger partial charge in [-0.25, -0.2) is 9.59 Å². The largest absolute Gasteiger partial charge is 0.458 e. The van der Waals surface area contributed by atoms with Crippen LogP contribution in [0.3, 0.4) is 0 Å². The van der Waals surface area contributed by atoms with Crippen molar-refractivity contribution in [1.29, 1.82) is 0 Å². The van der Waals surface area contributed by atoms with E-state index >= 15 is 0 Å². The summed E-state index contributed by atoms with van der Waals surface area (Å²) in [5.41, 5.74) is -0.393. The Balaban J connectivity index is 1.86. The molecule has 3 rings (SSSR count). The number of nitrogens with zero attached hydrogens (tertiary/aromatic N) is 3. The quantitative estimate of drug-likeness (QED) is 0.534. The molecule has 2 heterocycles. The molecule has 0 unspecified atom stereocenters. The fourth-order valence-electron chi connectivity index (χ4n) is 3.28. The number of aromatic nitrogens is 2. The van der Waals surface area contributed by atoms with Gasteiger partial charge in [0.1, 0.15) is 12.6 Å². The first-order valence-electron chi connectivity index (χ1n) is 9.04. The highest BCUT2D eigenvalue weighted by atomic mass is 16.5. The van der Waals surface area contributed by atoms with Crippen molar-refractivity contribution >= 4 is 17.8 Å². The number of carbonyl (C=O) groups is 3. The number of benzene rings is 1. The third-order valence-electron chi connectivity index (χ3n) is 4.96. The molecule has 0 radical (unpaired) electrons. The summed E-state index contributed by atoms with van der Waals surface area (Å²) in [6.07, 6.45) is 0. The second-order valence-electron chi connectivity index (χ2n) is 7.20. The normalized spacial score (nSPS) is 14.3. The maximum atomic E-state index is 12.8. The molecule has 0 N–H and O–H groups in total. The Hall–Kier alpha value is -3.49. The van der Waals surface area contributed by atoms with E-state index in [0.717, 1.165) is 9.47 Å². The van der Waals surface area contributed by atoms with Gasteiger partial charge in [0.15, 0.2) is 0 Å². The molecular formula is C20H21N3O6. The lowest BCUT2D eigenvalue weighted by Gasteiger charge is -2.27. The maximum absolute atomic E-state index is 12.8. The zero-order chi connectivity index (χ0) is 21.5. The molecule has 1 aliphatic rings. The third kappa shape index (κ3) is 3.39. The number of rotatable bonds is 5. The molecule has 9 heteroatoms. The van der Waals surface area contributed by atoms with E-state index in [2.05, 4.69) is 0 Å². The van der Waals surface area contributed by atoms with Crippen LogP contribution in [0, 0.1) is 5.92 Å². The van der Waals surface area contributed by atoms with E-state index < -0.39 is 41.0 Å². The SMILES string of the molecule is CC(C)[C@@H](C(=O)OCc1cc(=O)n(C)c(=O)n1C)N1C(=O)c2ccccc2C1=O. The van der Waals surface area contributed by atoms with E-state index in [1.807, 2.05) is 0 Å². The summed E-state index contributed by atoms with van der Waals surface area (Å²) in [5, 5.41) is 0. The molecule has 1 aromatic carbocycles. The zero-order valence-electron chi connectivity index (χ0n) is 16.5. The number of esters is 1. The molecule has 2 aromatic rings. The highest BCUT2D eigenvalue weighted by molar-refractivity contribution is 6.22. The highest BCUT2D eigenvalue weighted by Gasteiger charge is 2.44. The lowest BCUT2D eigenvalue weighted by Crippen LogP contribution is -2.48. The van der Waals surface area contributed by atoms with Crippen LogP contribution in [-0.2, 0) is 30.2 Å². The molecule has 0 bridgehead atoms. The molecule has 0 fully saturated rings. The van der Waals surface area contributed by atoms with Crippen LogP contribution in [0.25, 0.3) is 0 Å². The Kier molecular flexibility index (Phi) is 5.23. The first-order valence-corrected chi connectivity index (χ1v) is 9.04. The fourth-order valence-corrected chi connectivity index (χ4v) is 3.28. The predicted molar refractivity (Wildman–Crippen MR) is 102 cm³/mol. The molecule has 0 aliphatic carbocycles. The Morgan fingerprint density at radius 3 is 2.03 bits per heavy atom. The van der Waals surface area contributed by atoms with E-state index in [-0.39, 0.29) is 23.4 Å². The lowest BCUT2D eigenvalue weighted by molar-refractivity contribution is -0.151. The molecular weight excluding hydrogens is 378 g/mol. The van der Waals surface area contributed by atoms with Gasteiger partial charge in [-0.3, -0.25) is 28.4 Å². The van der Waals surface area contributed by atoms with E-state index in [1.54, 1.807) is 26.0 Å². The number of hydrogen-bond acceptors (Lipinski definition) is 6. The Morgan fingerprint density at radius 1 is 0.966 bits per heavy atom. The minimum Gasteiger partial charge on any atom is -0.458 e. The van der Waals surface area contributed by atoms with Gasteiger partial charge < -0.3 is 4.74 Å². The van der Waals surface area contributed by atoms with Crippen molar-refractivity contribution in [1.82, 2.24) is 14.0 Å². The number of amides is 2. The Labute approximate surface area is 166 Å². The van der Waals surface area contributed by atoms with Crippen LogP contribution in [0.1, 0.15) is 40.3 Å². The summed E-state index contributed by atoms with van der Waals surface area (Å²) in [7, 11) is 2.80. The van der Waals surface area contributed by atoms with Crippen molar-refractivity contribution in [2.24, 2.45) is 20.0 Å². The topological polar surface area (TPSA) is 108 Å². The van der Waals surface area contributed by atoms with E-state index in [1.165, 1.54) is 36.9 Å². The van der Waals surface area contributed by atoms with Gasteiger partial charge in [-0.05, 0) is 18.1 Å². The number of ether oxygens (including phenoxy) is 1. The van der Waals surface area contributed by atoms with E-state index in [9.17, 15) is 24.0 Å². The third-order valence-corrected chi connectivity index (χ3v) is 4.96. The smallest absolute Gasteiger partial charge is 0.330 e. The molecule has 0 spiro atoms. The molecule has 0 saturated carbocycles. The number of fused-ring (bicyclic) bond motifs is 1. The summed E-state index contributed by atoms with van der Waals surface area (Å²) in [5.74, 6) is -2.30. The summed E-state index contributed by atoms with van der Waals surface area (Å²) in [6, 6.07) is 6.42. The lowest BCUT2D eigenvalue weighted by atomic mass is 10.0. The maximum Gasteiger partial charge on any atom is 0.330 e. The molecule has 1 aliphatic heterocycles. The van der Waals surface area contributed by atoms with Crippen molar-refractivity contribution in [2.75, 3.05) is 0 Å². The zero-order valence-corrected chi connectivity index (χ0v) is 16.5. The van der Waals surface area contributed by atoms with Gasteiger partial charge in [0.25, 0.3) is 17.4 Å². The van der Waals surface area contributed by atoms with Gasteiger partial charge in [0.2, 0.25) is 0 Å². The average molecular weight is 399 g/mol. The molecule has 1 aromatic heterocycles. The van der Waals surface area contributed by atoms with Crippen LogP contribution >= 0.6 is 0 Å². The Bertz CT molecular complexity index is 1090. The summed E-state index contributed by atoms with van der Waals surface area (Å²) < 4.78 is 7.42. The molecule has 9 nitrogen and oxygen atoms in total. The highest BCUT2D eigenvalue weighted by Crippen LogP contribution is 2.27. The van der Waals surface area contributed by atoms with Crippen LogP contribution in [-0.4, -0.2) is 37.9 Å². The van der Waals surface area contributed by atoms with Crippen LogP contribution in [0.5, 0.6) is 0 Å². The minimum atomic E-state index is -1.13. The standard InChI is InChI=1S/C20H21N3O6/c1-11(2)16(23-17(25)13-7-5-6-8-14(13)18(23)26)19(27)29-10-12-9-15(24)22(4)20(28)21(12)3/h5-9,11,16H,10H2,1-4H3/t16-/m0/s1. The minimum absolute atomic E-state index is 0.205. The molecule has 152 valence electrons. The van der Waals surface area contributed by atoms with Crippen molar-refractivity contribution in [2.45, 2.75) is 26.5 Å². The summed E-state index contributed by atoms with van der Waals surface area (Å²) >= 11 is 0. The molecule has 29 heavy (non-hydrogen) atoms. The van der Waals surface area contributed by atoms with Gasteiger partial charge in [-0.1, -0.05) is 26.0 Å². The molecule has 0 saturated heterocycles. The van der Waals surface area contributed by atoms with Crippen LogP contribution in [0.2, 0.25) is 0 Å². The van der Waals surface area contributed by atoms with Gasteiger partial charge in [-0.15, -0.1) is 0 Å². The Morgan fingerprint density at radius 2 is 1.52 bits per heavy atom. The summed E-state index contributed by atoms with van der Waals surface area (Å²) in [4.78, 5) is 63.0. The first-order chi connectivity index (χ1) is 13.6. The second kappa shape index (κ2) is 7.50. The molecule has 2 amide bonds. The van der Waals surface area contributed by atoms with Gasteiger partial charge in [0, 0.05) is 20.2 Å². The van der Waals surface area contributed by atoms with Crippen molar-refractivity contribution < 1.29 is 19.1 Å². The average Bonchev–Trinajstić information content (AvgIpc) is 2.93. The monoisotopic (exact) mass is 399 g/mol. The van der Waals surface area contributed by atoms with Crippen LogP contribution in [0.15, 0.2) is 39.9 Å². The van der Waals surface area contributed by atoms with E-state index in [0.29, 0.717) is 0 Å². The number of carbonyl (C=O) groups excluding carboxylic acids is 3. The predicted octanol–water partition coefficient (Wildman–Crippen LogP) is 0.448. The number of hydrogen-bond donors (Lipinski definition) is 0. The van der Waals surface area contributed by atoms with Crippen LogP contribution in [0.4, 0.5) is 0 Å². The second-order valence-corrected chi connectivity index (χ2v) is 7.20. The number of imide groups is 1. The van der Waals surface area contributed by atoms with Crippen molar-refractivity contribution in [3.8, 4) is 0 Å². The summed E-state index contributed by atoms with van der Waals surface area (Å²) in [6.45, 7) is 3.06. The van der Waals surface area contributed by atoms with Crippen molar-refractivity contribution in [3.63, 3.8) is 0 Å². The van der Waals surface area contributed by atoms with Gasteiger partial charge in [0.05, 0.1) is 16.8 Å². The molecule has 1 atom stereocenters. The van der Waals surface area contributed by atoms with Gasteiger partial charge >= 0.3 is 11.7 Å². The van der Waals surface area contributed by atoms with Crippen LogP contribution < -0.4 is 11.2 Å².